The number of esters is 1. The molecule has 5 aliphatic rings. The van der Waals surface area contributed by atoms with Crippen molar-refractivity contribution < 1.29 is 23.5 Å². The van der Waals surface area contributed by atoms with Gasteiger partial charge in [-0.3, -0.25) is 9.59 Å². The van der Waals surface area contributed by atoms with Gasteiger partial charge in [-0.25, -0.2) is 14.1 Å². The summed E-state index contributed by atoms with van der Waals surface area (Å²) < 4.78 is 19.4. The molecule has 0 aromatic heterocycles. The highest BCUT2D eigenvalue weighted by atomic mass is 19.1. The van der Waals surface area contributed by atoms with Crippen LogP contribution in [0.3, 0.4) is 0 Å². The summed E-state index contributed by atoms with van der Waals surface area (Å²) in [5, 5.41) is 0. The zero-order valence-corrected chi connectivity index (χ0v) is 15.9. The topological polar surface area (TPSA) is 63.7 Å². The number of carbonyl (C=O) groups excluding carboxylic acids is 3. The lowest BCUT2D eigenvalue weighted by Crippen LogP contribution is -2.40. The molecule has 6 heteroatoms. The van der Waals surface area contributed by atoms with Crippen LogP contribution in [0.2, 0.25) is 0 Å². The molecule has 0 radical (unpaired) electrons. The van der Waals surface area contributed by atoms with E-state index in [-0.39, 0.29) is 52.5 Å². The normalized spacial score (nSPS) is 32.8. The number of imide groups is 1. The zero-order valence-electron chi connectivity index (χ0n) is 15.9. The summed E-state index contributed by atoms with van der Waals surface area (Å²) in [4.78, 5) is 40.4. The van der Waals surface area contributed by atoms with Gasteiger partial charge in [-0.2, -0.15) is 0 Å². The molecule has 3 fully saturated rings. The highest BCUT2D eigenvalue weighted by Gasteiger charge is 2.67. The summed E-state index contributed by atoms with van der Waals surface area (Å²) in [6.45, 7) is 0. The first-order valence-corrected chi connectivity index (χ1v) is 10.2. The van der Waals surface area contributed by atoms with Gasteiger partial charge in [0.25, 0.3) is 0 Å². The fourth-order valence-corrected chi connectivity index (χ4v) is 5.70. The van der Waals surface area contributed by atoms with Crippen molar-refractivity contribution in [3.63, 3.8) is 0 Å². The third-order valence-corrected chi connectivity index (χ3v) is 7.07. The number of amides is 2. The summed E-state index contributed by atoms with van der Waals surface area (Å²) in [6, 6.07) is 12.0. The van der Waals surface area contributed by atoms with Crippen LogP contribution in [0, 0.1) is 41.3 Å². The smallest absolute Gasteiger partial charge is 0.346 e. The van der Waals surface area contributed by atoms with Gasteiger partial charge in [0.1, 0.15) is 5.82 Å². The Morgan fingerprint density at radius 2 is 1.50 bits per heavy atom. The van der Waals surface area contributed by atoms with E-state index >= 15 is 0 Å². The van der Waals surface area contributed by atoms with Crippen LogP contribution in [-0.4, -0.2) is 17.8 Å². The molecule has 0 spiro atoms. The van der Waals surface area contributed by atoms with Crippen LogP contribution in [0.4, 0.5) is 10.1 Å². The number of para-hydroxylation sites is 2. The van der Waals surface area contributed by atoms with Crippen LogP contribution in [0.25, 0.3) is 0 Å². The van der Waals surface area contributed by atoms with Gasteiger partial charge in [0.2, 0.25) is 11.8 Å². The van der Waals surface area contributed by atoms with E-state index in [1.54, 1.807) is 18.2 Å². The van der Waals surface area contributed by atoms with E-state index in [4.69, 9.17) is 4.74 Å². The molecule has 7 rings (SSSR count). The molecule has 5 nitrogen and oxygen atoms in total. The van der Waals surface area contributed by atoms with Crippen molar-refractivity contribution >= 4 is 23.5 Å². The van der Waals surface area contributed by atoms with Crippen LogP contribution in [0.15, 0.2) is 60.7 Å². The fraction of sp³-hybridized carbons (Fsp3) is 0.292. The van der Waals surface area contributed by atoms with Gasteiger partial charge in [0, 0.05) is 0 Å². The molecule has 2 bridgehead atoms. The van der Waals surface area contributed by atoms with Crippen molar-refractivity contribution in [2.45, 2.75) is 6.42 Å². The van der Waals surface area contributed by atoms with E-state index in [9.17, 15) is 18.8 Å². The molecule has 2 aromatic carbocycles. The minimum Gasteiger partial charge on any atom is -0.421 e. The van der Waals surface area contributed by atoms with Crippen LogP contribution in [0.1, 0.15) is 16.8 Å². The van der Waals surface area contributed by atoms with Gasteiger partial charge in [-0.1, -0.05) is 36.4 Å². The molecule has 2 aromatic rings. The number of hydrogen-bond donors (Lipinski definition) is 0. The molecule has 1 heterocycles. The molecule has 2 saturated carbocycles. The number of benzene rings is 2. The Morgan fingerprint density at radius 1 is 0.900 bits per heavy atom. The van der Waals surface area contributed by atoms with Crippen molar-refractivity contribution in [2.75, 3.05) is 4.90 Å². The molecule has 6 atom stereocenters. The van der Waals surface area contributed by atoms with Crippen LogP contribution in [0.5, 0.6) is 5.75 Å². The SMILES string of the molecule is O=C(Oc1ccccc1N1C(=O)[C@@H]2[C@@H]3C=C[C@H]([C@H]4C[C@H]34)[C@H]2C1=O)c1ccccc1F. The molecule has 1 aliphatic heterocycles. The Morgan fingerprint density at radius 3 is 2.17 bits per heavy atom. The zero-order chi connectivity index (χ0) is 20.6. The van der Waals surface area contributed by atoms with E-state index < -0.39 is 11.8 Å². The maximum Gasteiger partial charge on any atom is 0.346 e. The largest absolute Gasteiger partial charge is 0.421 e. The summed E-state index contributed by atoms with van der Waals surface area (Å²) >= 11 is 0. The number of hydrogen-bond acceptors (Lipinski definition) is 4. The third-order valence-electron chi connectivity index (χ3n) is 7.07. The van der Waals surface area contributed by atoms with E-state index in [0.29, 0.717) is 11.8 Å². The quantitative estimate of drug-likeness (QED) is 0.340. The fourth-order valence-electron chi connectivity index (χ4n) is 5.70. The third kappa shape index (κ3) is 2.30. The Labute approximate surface area is 172 Å². The number of ether oxygens (including phenoxy) is 1. The van der Waals surface area contributed by atoms with Crippen LogP contribution in [-0.2, 0) is 9.59 Å². The number of nitrogens with zero attached hydrogens (tertiary/aromatic N) is 1. The summed E-state index contributed by atoms with van der Waals surface area (Å²) in [7, 11) is 0. The predicted octanol–water partition coefficient (Wildman–Crippen LogP) is 3.60. The monoisotopic (exact) mass is 403 g/mol. The van der Waals surface area contributed by atoms with Gasteiger partial charge in [0.15, 0.2) is 5.75 Å². The lowest BCUT2D eigenvalue weighted by Gasteiger charge is -2.37. The minimum atomic E-state index is -0.875. The van der Waals surface area contributed by atoms with Crippen molar-refractivity contribution in [1.82, 2.24) is 0 Å². The Balaban J connectivity index is 1.35. The number of halogens is 1. The second kappa shape index (κ2) is 6.11. The molecule has 1 saturated heterocycles. The van der Waals surface area contributed by atoms with Crippen molar-refractivity contribution in [1.29, 1.82) is 0 Å². The first-order chi connectivity index (χ1) is 14.6. The first-order valence-electron chi connectivity index (χ1n) is 10.2. The van der Waals surface area contributed by atoms with Crippen molar-refractivity contribution in [3.8, 4) is 5.75 Å². The van der Waals surface area contributed by atoms with Gasteiger partial charge in [-0.05, 0) is 54.4 Å². The minimum absolute atomic E-state index is 0.0663. The summed E-state index contributed by atoms with van der Waals surface area (Å²) in [5.41, 5.74) is 0.0297. The van der Waals surface area contributed by atoms with E-state index in [0.717, 1.165) is 6.42 Å². The molecule has 150 valence electrons. The number of carbonyl (C=O) groups is 3. The lowest BCUT2D eigenvalue weighted by molar-refractivity contribution is -0.124. The molecule has 0 N–H and O–H groups in total. The highest BCUT2D eigenvalue weighted by Crippen LogP contribution is 2.65. The van der Waals surface area contributed by atoms with Gasteiger partial charge in [-0.15, -0.1) is 0 Å². The molecule has 30 heavy (non-hydrogen) atoms. The predicted molar refractivity (Wildman–Crippen MR) is 105 cm³/mol. The molecule has 2 amide bonds. The van der Waals surface area contributed by atoms with E-state index in [2.05, 4.69) is 12.2 Å². The number of rotatable bonds is 3. The Hall–Kier alpha value is -3.28. The van der Waals surface area contributed by atoms with Crippen LogP contribution >= 0.6 is 0 Å². The van der Waals surface area contributed by atoms with Gasteiger partial charge < -0.3 is 4.74 Å². The van der Waals surface area contributed by atoms with Gasteiger partial charge >= 0.3 is 5.97 Å². The maximum atomic E-state index is 14.0. The number of allylic oxidation sites excluding steroid dienone is 2. The van der Waals surface area contributed by atoms with Crippen molar-refractivity contribution in [2.24, 2.45) is 35.5 Å². The molecular weight excluding hydrogens is 385 g/mol. The Bertz CT molecular complexity index is 1110. The van der Waals surface area contributed by atoms with Gasteiger partial charge in [0.05, 0.1) is 23.1 Å². The molecule has 0 unspecified atom stereocenters. The second-order valence-electron chi connectivity index (χ2n) is 8.50. The molecule has 4 aliphatic carbocycles. The second-order valence-corrected chi connectivity index (χ2v) is 8.50. The van der Waals surface area contributed by atoms with E-state index in [1.807, 2.05) is 0 Å². The summed E-state index contributed by atoms with van der Waals surface area (Å²) in [6.07, 6.45) is 5.31. The maximum absolute atomic E-state index is 14.0. The standard InChI is InChI=1S/C24H18FNO4/c25-17-6-2-1-5-14(17)24(29)30-19-8-4-3-7-18(19)26-22(27)20-12-9-10-13(16-11-15(12)16)21(20)23(26)28/h1-10,12-13,15-16,20-21H,11H2/t12-,13-,15-,16-,20-,21-/m1/s1. The average molecular weight is 403 g/mol. The summed E-state index contributed by atoms with van der Waals surface area (Å²) in [5.74, 6) is -1.41. The molecular formula is C24H18FNO4. The lowest BCUT2D eigenvalue weighted by atomic mass is 9.63. The number of anilines is 1. The van der Waals surface area contributed by atoms with Crippen LogP contribution < -0.4 is 9.64 Å². The highest BCUT2D eigenvalue weighted by molar-refractivity contribution is 6.23. The average Bonchev–Trinajstić information content (AvgIpc) is 3.53. The first kappa shape index (κ1) is 17.6. The Kier molecular flexibility index (Phi) is 3.58. The van der Waals surface area contributed by atoms with E-state index in [1.165, 1.54) is 35.2 Å². The van der Waals surface area contributed by atoms with Crippen molar-refractivity contribution in [3.05, 3.63) is 72.1 Å².